The predicted molar refractivity (Wildman–Crippen MR) is 122 cm³/mol. The number of para-hydroxylation sites is 2. The van der Waals surface area contributed by atoms with Crippen LogP contribution in [0, 0.1) is 15.7 Å². The van der Waals surface area contributed by atoms with E-state index >= 15 is 0 Å². The molecule has 0 saturated carbocycles. The average molecular weight is 485 g/mol. The Kier molecular flexibility index (Phi) is 7.22. The molecule has 2 aromatic carbocycles. The van der Waals surface area contributed by atoms with Crippen LogP contribution >= 0.6 is 0 Å². The topological polar surface area (TPSA) is 113 Å². The molecule has 6 nitrogen and oxygen atoms in total. The van der Waals surface area contributed by atoms with Crippen LogP contribution in [-0.2, 0) is 5.41 Å². The van der Waals surface area contributed by atoms with Gasteiger partial charge in [-0.1, -0.05) is 51.1 Å². The second-order valence-corrected chi connectivity index (χ2v) is 10.9. The van der Waals surface area contributed by atoms with Gasteiger partial charge in [-0.3, -0.25) is 0 Å². The Bertz CT molecular complexity index is 1230. The van der Waals surface area contributed by atoms with Gasteiger partial charge in [-0.15, -0.1) is 10.2 Å². The number of hydrogen-bond acceptors (Lipinski definition) is 5. The van der Waals surface area contributed by atoms with Crippen molar-refractivity contribution in [3.8, 4) is 5.75 Å². The Morgan fingerprint density at radius 1 is 0.824 bits per heavy atom. The summed E-state index contributed by atoms with van der Waals surface area (Å²) in [5.74, 6) is 2.86. The van der Waals surface area contributed by atoms with Crippen LogP contribution in [-0.4, -0.2) is 0 Å². The van der Waals surface area contributed by atoms with Crippen LogP contribution in [0.4, 0.5) is 0 Å². The van der Waals surface area contributed by atoms with Crippen LogP contribution in [0.15, 0.2) is 70.8 Å². The van der Waals surface area contributed by atoms with E-state index in [1.807, 2.05) is 24.3 Å². The standard InChI is InChI=1S/C27H29O2.ClHO4/c1-26(2,3)24-16-18(20-11-7-9-13-22(20)28-24)15-19-17-25(27(4,5)6)29-23-14-10-8-12-21(19)23;2-1(3,4)5/h7-17H,1-6H3;(H,2,3,4,5)/q+1;/p-1. The molecule has 0 radical (unpaired) electrons. The molecule has 0 spiro atoms. The van der Waals surface area contributed by atoms with Crippen molar-refractivity contribution >= 4 is 22.6 Å². The molecule has 180 valence electrons. The number of allylic oxidation sites excluding steroid dienone is 3. The van der Waals surface area contributed by atoms with Gasteiger partial charge in [0.25, 0.3) is 0 Å². The molecule has 34 heavy (non-hydrogen) atoms. The van der Waals surface area contributed by atoms with E-state index in [0.29, 0.717) is 0 Å². The third kappa shape index (κ3) is 6.65. The highest BCUT2D eigenvalue weighted by molar-refractivity contribution is 5.97. The summed E-state index contributed by atoms with van der Waals surface area (Å²) in [6.45, 7) is 13.1. The summed E-state index contributed by atoms with van der Waals surface area (Å²) < 4.78 is 46.4. The molecule has 0 unspecified atom stereocenters. The van der Waals surface area contributed by atoms with Gasteiger partial charge < -0.3 is 4.74 Å². The maximum Gasteiger partial charge on any atom is 0.360 e. The highest BCUT2D eigenvalue weighted by Crippen LogP contribution is 2.41. The lowest BCUT2D eigenvalue weighted by Gasteiger charge is -2.28. The van der Waals surface area contributed by atoms with Crippen molar-refractivity contribution in [3.63, 3.8) is 0 Å². The Balaban J connectivity index is 0.000000588. The van der Waals surface area contributed by atoms with E-state index in [4.69, 9.17) is 27.8 Å². The zero-order valence-electron chi connectivity index (χ0n) is 20.2. The number of rotatable bonds is 1. The van der Waals surface area contributed by atoms with E-state index in [2.05, 4.69) is 84.0 Å². The molecule has 7 heteroatoms. The minimum absolute atomic E-state index is 0.0721. The quantitative estimate of drug-likeness (QED) is 0.490. The molecule has 1 aromatic heterocycles. The second kappa shape index (κ2) is 9.49. The molecule has 0 saturated heterocycles. The van der Waals surface area contributed by atoms with Gasteiger partial charge in [0.1, 0.15) is 11.5 Å². The van der Waals surface area contributed by atoms with Gasteiger partial charge in [-0.25, -0.2) is 23.1 Å². The van der Waals surface area contributed by atoms with Gasteiger partial charge in [0.15, 0.2) is 0 Å². The number of benzene rings is 2. The number of halogens is 1. The molecule has 1 aliphatic rings. The molecule has 0 aliphatic carbocycles. The van der Waals surface area contributed by atoms with E-state index in [1.54, 1.807) is 0 Å². The van der Waals surface area contributed by atoms with Crippen LogP contribution in [0.25, 0.3) is 22.6 Å². The summed E-state index contributed by atoms with van der Waals surface area (Å²) in [5.41, 5.74) is 4.20. The Labute approximate surface area is 202 Å². The first-order chi connectivity index (χ1) is 15.6. The van der Waals surface area contributed by atoms with Crippen molar-refractivity contribution in [2.75, 3.05) is 0 Å². The molecular weight excluding hydrogens is 456 g/mol. The van der Waals surface area contributed by atoms with E-state index in [-0.39, 0.29) is 10.8 Å². The van der Waals surface area contributed by atoms with Crippen LogP contribution in [0.5, 0.6) is 5.75 Å². The number of fused-ring (bicyclic) bond motifs is 2. The molecule has 4 rings (SSSR count). The fourth-order valence-corrected chi connectivity index (χ4v) is 3.47. The Morgan fingerprint density at radius 2 is 1.41 bits per heavy atom. The lowest BCUT2D eigenvalue weighted by atomic mass is 9.88. The summed E-state index contributed by atoms with van der Waals surface area (Å²) >= 11 is 0. The summed E-state index contributed by atoms with van der Waals surface area (Å²) in [5, 5.41) is 1.11. The number of ether oxygens (including phenoxy) is 1. The van der Waals surface area contributed by atoms with Crippen molar-refractivity contribution in [2.45, 2.75) is 47.0 Å². The highest BCUT2D eigenvalue weighted by Gasteiger charge is 2.29. The molecular formula is C27H29ClO6. The van der Waals surface area contributed by atoms with Gasteiger partial charge in [-0.05, 0) is 50.6 Å². The first kappa shape index (κ1) is 25.9. The van der Waals surface area contributed by atoms with E-state index < -0.39 is 10.2 Å². The minimum atomic E-state index is -4.94. The van der Waals surface area contributed by atoms with E-state index in [9.17, 15) is 0 Å². The average Bonchev–Trinajstić information content (AvgIpc) is 2.71. The lowest BCUT2D eigenvalue weighted by Crippen LogP contribution is -2.68. The Hall–Kier alpha value is -2.74. The zero-order valence-corrected chi connectivity index (χ0v) is 20.9. The van der Waals surface area contributed by atoms with Crippen LogP contribution in [0.3, 0.4) is 0 Å². The van der Waals surface area contributed by atoms with Gasteiger partial charge in [0, 0.05) is 28.7 Å². The molecule has 1 aliphatic heterocycles. The molecule has 0 amide bonds. The van der Waals surface area contributed by atoms with Crippen molar-refractivity contribution in [1.82, 2.24) is 0 Å². The monoisotopic (exact) mass is 484 g/mol. The van der Waals surface area contributed by atoms with Crippen LogP contribution in [0.2, 0.25) is 0 Å². The van der Waals surface area contributed by atoms with Gasteiger partial charge in [0.05, 0.1) is 10.8 Å². The summed E-state index contributed by atoms with van der Waals surface area (Å²) in [4.78, 5) is 0. The van der Waals surface area contributed by atoms with Crippen molar-refractivity contribution < 1.29 is 38.0 Å². The van der Waals surface area contributed by atoms with E-state index in [1.165, 1.54) is 0 Å². The lowest BCUT2D eigenvalue weighted by molar-refractivity contribution is -2.00. The van der Waals surface area contributed by atoms with Gasteiger partial charge in [-0.2, -0.15) is 0 Å². The Morgan fingerprint density at radius 3 is 2.03 bits per heavy atom. The summed E-state index contributed by atoms with van der Waals surface area (Å²) in [6.07, 6.45) is 4.44. The normalized spacial score (nSPS) is 15.2. The predicted octanol–water partition coefficient (Wildman–Crippen LogP) is 3.12. The zero-order chi connectivity index (χ0) is 25.3. The summed E-state index contributed by atoms with van der Waals surface area (Å²) in [6, 6.07) is 18.7. The van der Waals surface area contributed by atoms with Crippen LogP contribution in [0.1, 0.15) is 58.4 Å². The smallest absolute Gasteiger partial charge is 0.360 e. The van der Waals surface area contributed by atoms with Crippen molar-refractivity contribution in [3.05, 3.63) is 83.3 Å². The van der Waals surface area contributed by atoms with Crippen molar-refractivity contribution in [1.29, 1.82) is 0 Å². The first-order valence-corrected chi connectivity index (χ1v) is 12.1. The fraction of sp³-hybridized carbons (Fsp3) is 0.296. The molecule has 2 heterocycles. The maximum atomic E-state index is 8.49. The van der Waals surface area contributed by atoms with Crippen LogP contribution < -0.4 is 23.4 Å². The maximum absolute atomic E-state index is 8.49. The largest absolute Gasteiger partial charge is 0.461 e. The molecule has 0 atom stereocenters. The molecule has 3 aromatic rings. The summed E-state index contributed by atoms with van der Waals surface area (Å²) in [7, 11) is -4.94. The highest BCUT2D eigenvalue weighted by atomic mass is 35.7. The SMILES string of the molecule is CC(C)(C)C1=C/C(=C\c2cc(C(C)(C)C)[o+]c3ccccc23)c2ccccc2O1.[O-][Cl+3]([O-])([O-])[O-]. The molecule has 0 bridgehead atoms. The third-order valence-corrected chi connectivity index (χ3v) is 5.20. The third-order valence-electron chi connectivity index (χ3n) is 5.20. The first-order valence-electron chi connectivity index (χ1n) is 10.8. The molecule has 0 N–H and O–H groups in total. The number of hydrogen-bond donors (Lipinski definition) is 0. The van der Waals surface area contributed by atoms with E-state index in [0.717, 1.165) is 44.9 Å². The molecule has 0 fully saturated rings. The van der Waals surface area contributed by atoms with Gasteiger partial charge in [0.2, 0.25) is 0 Å². The minimum Gasteiger partial charge on any atom is -0.461 e. The van der Waals surface area contributed by atoms with Gasteiger partial charge >= 0.3 is 11.3 Å². The second-order valence-electron chi connectivity index (χ2n) is 10.1. The fourth-order valence-electron chi connectivity index (χ4n) is 3.47. The van der Waals surface area contributed by atoms with Crippen molar-refractivity contribution in [2.24, 2.45) is 5.41 Å².